The molecule has 0 spiro atoms. The maximum Gasteiger partial charge on any atom is 0.190 e. The zero-order valence-electron chi connectivity index (χ0n) is 11.2. The van der Waals surface area contributed by atoms with Crippen molar-refractivity contribution < 1.29 is 0 Å². The molecule has 0 unspecified atom stereocenters. The Morgan fingerprint density at radius 1 is 1.33 bits per heavy atom. The number of pyridine rings is 1. The first-order valence-corrected chi connectivity index (χ1v) is 6.32. The molecule has 0 aromatic carbocycles. The van der Waals surface area contributed by atoms with Crippen LogP contribution in [0.4, 0.5) is 0 Å². The number of allylic oxidation sites excluding steroid dienone is 1. The summed E-state index contributed by atoms with van der Waals surface area (Å²) in [6, 6.07) is 5.97. The Morgan fingerprint density at radius 2 is 2.17 bits per heavy atom. The second-order valence-electron chi connectivity index (χ2n) is 3.85. The van der Waals surface area contributed by atoms with E-state index >= 15 is 0 Å². The summed E-state index contributed by atoms with van der Waals surface area (Å²) in [5.41, 5.74) is 1.09. The SMILES string of the molecule is CC=CCCNC(=NC)NCCc1ccccn1. The molecule has 0 saturated carbocycles. The highest BCUT2D eigenvalue weighted by Gasteiger charge is 1.97. The highest BCUT2D eigenvalue weighted by molar-refractivity contribution is 5.79. The molecule has 1 aromatic rings. The molecule has 1 heterocycles. The van der Waals surface area contributed by atoms with E-state index in [9.17, 15) is 0 Å². The minimum absolute atomic E-state index is 0.834. The predicted octanol–water partition coefficient (Wildman–Crippen LogP) is 1.76. The summed E-state index contributed by atoms with van der Waals surface area (Å²) in [6.45, 7) is 3.76. The smallest absolute Gasteiger partial charge is 0.190 e. The molecule has 0 aliphatic rings. The lowest BCUT2D eigenvalue weighted by atomic mass is 10.3. The first kappa shape index (κ1) is 14.2. The van der Waals surface area contributed by atoms with Crippen molar-refractivity contribution in [1.29, 1.82) is 0 Å². The number of rotatable bonds is 6. The van der Waals surface area contributed by atoms with Crippen LogP contribution in [0.5, 0.6) is 0 Å². The first-order chi connectivity index (χ1) is 8.86. The predicted molar refractivity (Wildman–Crippen MR) is 76.7 cm³/mol. The third-order valence-electron chi connectivity index (χ3n) is 2.46. The summed E-state index contributed by atoms with van der Waals surface area (Å²) in [5, 5.41) is 6.53. The van der Waals surface area contributed by atoms with E-state index in [-0.39, 0.29) is 0 Å². The standard InChI is InChI=1S/C14H22N4/c1-3-4-6-11-17-14(15-2)18-12-9-13-8-5-7-10-16-13/h3-5,7-8,10H,6,9,11-12H2,1-2H3,(H2,15,17,18). The van der Waals surface area contributed by atoms with Crippen molar-refractivity contribution in [2.45, 2.75) is 19.8 Å². The highest BCUT2D eigenvalue weighted by Crippen LogP contribution is 1.92. The minimum Gasteiger partial charge on any atom is -0.356 e. The third kappa shape index (κ3) is 6.03. The maximum absolute atomic E-state index is 4.28. The quantitative estimate of drug-likeness (QED) is 0.348. The van der Waals surface area contributed by atoms with Gasteiger partial charge in [0.1, 0.15) is 0 Å². The van der Waals surface area contributed by atoms with Crippen LogP contribution in [0.1, 0.15) is 19.0 Å². The van der Waals surface area contributed by atoms with Gasteiger partial charge in [0.2, 0.25) is 0 Å². The lowest BCUT2D eigenvalue weighted by Crippen LogP contribution is -2.38. The van der Waals surface area contributed by atoms with Gasteiger partial charge in [0, 0.05) is 38.4 Å². The van der Waals surface area contributed by atoms with Crippen LogP contribution in [0.2, 0.25) is 0 Å². The van der Waals surface area contributed by atoms with E-state index in [2.05, 4.69) is 32.8 Å². The fourth-order valence-corrected chi connectivity index (χ4v) is 1.52. The number of aliphatic imine (C=N–C) groups is 1. The summed E-state index contributed by atoms with van der Waals surface area (Å²) >= 11 is 0. The van der Waals surface area contributed by atoms with Crippen LogP contribution in [0, 0.1) is 0 Å². The van der Waals surface area contributed by atoms with Crippen LogP contribution in [-0.4, -0.2) is 31.1 Å². The second kappa shape index (κ2) is 9.22. The van der Waals surface area contributed by atoms with Crippen LogP contribution in [0.15, 0.2) is 41.5 Å². The van der Waals surface area contributed by atoms with Crippen LogP contribution in [0.25, 0.3) is 0 Å². The average Bonchev–Trinajstić information content (AvgIpc) is 2.42. The maximum atomic E-state index is 4.28. The fraction of sp³-hybridized carbons (Fsp3) is 0.429. The van der Waals surface area contributed by atoms with Gasteiger partial charge in [-0.1, -0.05) is 18.2 Å². The van der Waals surface area contributed by atoms with Crippen molar-refractivity contribution in [2.75, 3.05) is 20.1 Å². The van der Waals surface area contributed by atoms with Gasteiger partial charge in [-0.2, -0.15) is 0 Å². The van der Waals surface area contributed by atoms with Gasteiger partial charge in [-0.05, 0) is 25.5 Å². The molecular formula is C14H22N4. The molecule has 0 radical (unpaired) electrons. The van der Waals surface area contributed by atoms with Gasteiger partial charge in [-0.25, -0.2) is 0 Å². The largest absolute Gasteiger partial charge is 0.356 e. The van der Waals surface area contributed by atoms with Gasteiger partial charge in [-0.3, -0.25) is 9.98 Å². The Hall–Kier alpha value is -1.84. The zero-order chi connectivity index (χ0) is 13.1. The molecule has 0 aliphatic heterocycles. The number of nitrogens with zero attached hydrogens (tertiary/aromatic N) is 2. The van der Waals surface area contributed by atoms with Crippen molar-refractivity contribution in [3.05, 3.63) is 42.2 Å². The van der Waals surface area contributed by atoms with Crippen molar-refractivity contribution in [3.8, 4) is 0 Å². The molecular weight excluding hydrogens is 224 g/mol. The first-order valence-electron chi connectivity index (χ1n) is 6.32. The van der Waals surface area contributed by atoms with E-state index < -0.39 is 0 Å². The van der Waals surface area contributed by atoms with Crippen molar-refractivity contribution in [2.24, 2.45) is 4.99 Å². The minimum atomic E-state index is 0.834. The molecule has 4 heteroatoms. The Balaban J connectivity index is 2.20. The van der Waals surface area contributed by atoms with Crippen LogP contribution in [-0.2, 0) is 6.42 Å². The summed E-state index contributed by atoms with van der Waals surface area (Å²) < 4.78 is 0. The van der Waals surface area contributed by atoms with Gasteiger partial charge in [0.05, 0.1) is 0 Å². The lowest BCUT2D eigenvalue weighted by molar-refractivity contribution is 0.782. The second-order valence-corrected chi connectivity index (χ2v) is 3.85. The van der Waals surface area contributed by atoms with E-state index in [0.717, 1.165) is 37.6 Å². The Kier molecular flexibility index (Phi) is 7.28. The molecule has 0 atom stereocenters. The van der Waals surface area contributed by atoms with E-state index in [1.54, 1.807) is 7.05 Å². The number of nitrogens with one attached hydrogen (secondary N) is 2. The Morgan fingerprint density at radius 3 is 2.83 bits per heavy atom. The molecule has 0 saturated heterocycles. The number of guanidine groups is 1. The van der Waals surface area contributed by atoms with Crippen LogP contribution in [0.3, 0.4) is 0 Å². The molecule has 1 rings (SSSR count). The van der Waals surface area contributed by atoms with Crippen LogP contribution < -0.4 is 10.6 Å². The van der Waals surface area contributed by atoms with E-state index in [0.29, 0.717) is 0 Å². The Labute approximate surface area is 109 Å². The topological polar surface area (TPSA) is 49.3 Å². The molecule has 0 bridgehead atoms. The summed E-state index contributed by atoms with van der Waals surface area (Å²) in [6.07, 6.45) is 7.92. The number of hydrogen-bond acceptors (Lipinski definition) is 2. The molecule has 98 valence electrons. The van der Waals surface area contributed by atoms with Crippen molar-refractivity contribution in [1.82, 2.24) is 15.6 Å². The van der Waals surface area contributed by atoms with Crippen LogP contribution >= 0.6 is 0 Å². The highest BCUT2D eigenvalue weighted by atomic mass is 15.2. The van der Waals surface area contributed by atoms with E-state index in [1.165, 1.54) is 0 Å². The van der Waals surface area contributed by atoms with Gasteiger partial charge in [0.25, 0.3) is 0 Å². The Bertz CT molecular complexity index is 371. The summed E-state index contributed by atoms with van der Waals surface area (Å²) in [5.74, 6) is 0.843. The fourth-order valence-electron chi connectivity index (χ4n) is 1.52. The molecule has 0 amide bonds. The summed E-state index contributed by atoms with van der Waals surface area (Å²) in [7, 11) is 1.78. The van der Waals surface area contributed by atoms with Crippen molar-refractivity contribution in [3.63, 3.8) is 0 Å². The number of hydrogen-bond donors (Lipinski definition) is 2. The average molecular weight is 246 g/mol. The molecule has 0 aliphatic carbocycles. The molecule has 4 nitrogen and oxygen atoms in total. The normalized spacial score (nSPS) is 11.8. The molecule has 0 fully saturated rings. The number of aromatic nitrogens is 1. The third-order valence-corrected chi connectivity index (χ3v) is 2.46. The van der Waals surface area contributed by atoms with Gasteiger partial charge >= 0.3 is 0 Å². The van der Waals surface area contributed by atoms with E-state index in [1.807, 2.05) is 31.3 Å². The molecule has 18 heavy (non-hydrogen) atoms. The monoisotopic (exact) mass is 246 g/mol. The molecule has 1 aromatic heterocycles. The van der Waals surface area contributed by atoms with Gasteiger partial charge < -0.3 is 10.6 Å². The van der Waals surface area contributed by atoms with Gasteiger partial charge in [-0.15, -0.1) is 0 Å². The molecule has 2 N–H and O–H groups in total. The lowest BCUT2D eigenvalue weighted by Gasteiger charge is -2.10. The van der Waals surface area contributed by atoms with Crippen molar-refractivity contribution >= 4 is 5.96 Å². The van der Waals surface area contributed by atoms with Gasteiger partial charge in [0.15, 0.2) is 5.96 Å². The summed E-state index contributed by atoms with van der Waals surface area (Å²) in [4.78, 5) is 8.45. The van der Waals surface area contributed by atoms with E-state index in [4.69, 9.17) is 0 Å². The zero-order valence-corrected chi connectivity index (χ0v) is 11.2.